The van der Waals surface area contributed by atoms with Crippen LogP contribution in [0.4, 0.5) is 0 Å². The van der Waals surface area contributed by atoms with E-state index in [4.69, 9.17) is 0 Å². The molecule has 10 atom stereocenters. The zero-order valence-electron chi connectivity index (χ0n) is 21.9. The van der Waals surface area contributed by atoms with Gasteiger partial charge in [-0.15, -0.1) is 0 Å². The predicted octanol–water partition coefficient (Wildman–Crippen LogP) is 7.20. The lowest BCUT2D eigenvalue weighted by molar-refractivity contribution is -0.254. The lowest BCUT2D eigenvalue weighted by Crippen LogP contribution is -2.69. The second-order valence-corrected chi connectivity index (χ2v) is 14.6. The molecule has 0 aromatic heterocycles. The number of aliphatic hydroxyl groups is 1. The van der Waals surface area contributed by atoms with Crippen molar-refractivity contribution in [1.82, 2.24) is 0 Å². The van der Waals surface area contributed by atoms with Crippen molar-refractivity contribution < 1.29 is 9.90 Å². The number of carbonyl (C=O) groups is 1. The van der Waals surface area contributed by atoms with Crippen molar-refractivity contribution in [3.05, 3.63) is 12.2 Å². The van der Waals surface area contributed by atoms with Crippen molar-refractivity contribution >= 4 is 5.78 Å². The van der Waals surface area contributed by atoms with Crippen molar-refractivity contribution in [2.45, 2.75) is 112 Å². The monoisotopic (exact) mass is 440 g/mol. The molecule has 0 heterocycles. The molecule has 0 bridgehead atoms. The number of aliphatic hydroxyl groups excluding tert-OH is 1. The second-order valence-electron chi connectivity index (χ2n) is 14.6. The Bertz CT molecular complexity index is 842. The highest BCUT2D eigenvalue weighted by molar-refractivity contribution is 5.86. The van der Waals surface area contributed by atoms with Gasteiger partial charge in [-0.25, -0.2) is 0 Å². The third kappa shape index (κ3) is 2.55. The minimum Gasteiger partial charge on any atom is -0.392 e. The van der Waals surface area contributed by atoms with Gasteiger partial charge in [0, 0.05) is 17.3 Å². The molecule has 32 heavy (non-hydrogen) atoms. The molecule has 5 aliphatic carbocycles. The fraction of sp³-hybridized carbons (Fsp3) is 0.900. The van der Waals surface area contributed by atoms with Crippen LogP contribution in [0.1, 0.15) is 106 Å². The third-order valence-corrected chi connectivity index (χ3v) is 13.3. The van der Waals surface area contributed by atoms with Gasteiger partial charge in [0.05, 0.1) is 6.10 Å². The Morgan fingerprint density at radius 2 is 1.56 bits per heavy atom. The number of allylic oxidation sites excluding steroid dienone is 1. The van der Waals surface area contributed by atoms with E-state index in [1.165, 1.54) is 50.5 Å². The lowest BCUT2D eigenvalue weighted by Gasteiger charge is -2.72. The molecule has 0 radical (unpaired) electrons. The van der Waals surface area contributed by atoms with E-state index in [0.717, 1.165) is 18.3 Å². The first-order chi connectivity index (χ1) is 14.7. The largest absolute Gasteiger partial charge is 0.392 e. The Kier molecular flexibility index (Phi) is 4.87. The van der Waals surface area contributed by atoms with Crippen LogP contribution in [0.3, 0.4) is 0 Å². The molecule has 0 saturated heterocycles. The van der Waals surface area contributed by atoms with E-state index in [2.05, 4.69) is 55.0 Å². The lowest BCUT2D eigenvalue weighted by atomic mass is 9.32. The molecule has 2 nitrogen and oxygen atoms in total. The Morgan fingerprint density at radius 1 is 0.875 bits per heavy atom. The molecule has 5 aliphatic rings. The second kappa shape index (κ2) is 6.73. The van der Waals surface area contributed by atoms with Gasteiger partial charge in [-0.3, -0.25) is 4.79 Å². The number of ketones is 1. The minimum atomic E-state index is -0.485. The topological polar surface area (TPSA) is 37.3 Å². The van der Waals surface area contributed by atoms with Gasteiger partial charge in [-0.05, 0) is 104 Å². The number of fused-ring (bicyclic) bond motifs is 7. The molecule has 0 aliphatic heterocycles. The van der Waals surface area contributed by atoms with Crippen molar-refractivity contribution in [3.63, 3.8) is 0 Å². The van der Waals surface area contributed by atoms with Gasteiger partial charge in [0.25, 0.3) is 0 Å². The first kappa shape index (κ1) is 23.1. The molecule has 5 saturated carbocycles. The number of hydrogen-bond acceptors (Lipinski definition) is 2. The van der Waals surface area contributed by atoms with E-state index in [1.54, 1.807) is 0 Å². The highest BCUT2D eigenvalue weighted by Crippen LogP contribution is 2.77. The number of carbonyl (C=O) groups excluding carboxylic acids is 1. The summed E-state index contributed by atoms with van der Waals surface area (Å²) in [7, 11) is 0. The molecule has 2 heteroatoms. The molecular formula is C30H48O2. The average molecular weight is 441 g/mol. The van der Waals surface area contributed by atoms with Crippen LogP contribution in [0, 0.1) is 56.7 Å². The molecule has 5 fully saturated rings. The smallest absolute Gasteiger partial charge is 0.141 e. The number of rotatable bonds is 1. The van der Waals surface area contributed by atoms with E-state index in [0.29, 0.717) is 35.0 Å². The molecule has 0 spiro atoms. The zero-order chi connectivity index (χ0) is 23.5. The van der Waals surface area contributed by atoms with Gasteiger partial charge in [0.2, 0.25) is 0 Å². The molecule has 180 valence electrons. The zero-order valence-corrected chi connectivity index (χ0v) is 21.9. The maximum absolute atomic E-state index is 12.9. The fourth-order valence-corrected chi connectivity index (χ4v) is 11.2. The summed E-state index contributed by atoms with van der Waals surface area (Å²) in [4.78, 5) is 12.9. The first-order valence-electron chi connectivity index (χ1n) is 13.6. The summed E-state index contributed by atoms with van der Waals surface area (Å²) in [6, 6.07) is 0. The SMILES string of the molecule is C=C(C)[C@@H]1CC[C@@]2(C)CC[C@]3(C)[C@@H](CC[C@H]4[C@@]5(C)[C@H](CC[C@]43C)C(C)(C)C(=O)C[C@@H]5O)[C@@H]12. The summed E-state index contributed by atoms with van der Waals surface area (Å²) in [5, 5.41) is 11.5. The molecule has 0 aromatic carbocycles. The number of Topliss-reactive ketones (excluding diaryl/α,β-unsaturated/α-hetero) is 1. The quantitative estimate of drug-likeness (QED) is 0.438. The maximum atomic E-state index is 12.9. The minimum absolute atomic E-state index is 0.150. The van der Waals surface area contributed by atoms with Crippen LogP contribution in [0.25, 0.3) is 0 Å². The maximum Gasteiger partial charge on any atom is 0.141 e. The van der Waals surface area contributed by atoms with Gasteiger partial charge >= 0.3 is 0 Å². The predicted molar refractivity (Wildman–Crippen MR) is 131 cm³/mol. The summed E-state index contributed by atoms with van der Waals surface area (Å²) in [6.45, 7) is 21.3. The summed E-state index contributed by atoms with van der Waals surface area (Å²) >= 11 is 0. The highest BCUT2D eigenvalue weighted by atomic mass is 16.3. The molecule has 1 N–H and O–H groups in total. The van der Waals surface area contributed by atoms with Crippen LogP contribution in [-0.4, -0.2) is 17.0 Å². The van der Waals surface area contributed by atoms with Crippen LogP contribution in [0.5, 0.6) is 0 Å². The Morgan fingerprint density at radius 3 is 2.22 bits per heavy atom. The van der Waals surface area contributed by atoms with Crippen molar-refractivity contribution in [2.75, 3.05) is 0 Å². The van der Waals surface area contributed by atoms with E-state index >= 15 is 0 Å². The van der Waals surface area contributed by atoms with Crippen molar-refractivity contribution in [3.8, 4) is 0 Å². The molecule has 0 aromatic rings. The normalized spacial score (nSPS) is 56.6. The summed E-state index contributed by atoms with van der Waals surface area (Å²) in [5.41, 5.74) is 1.99. The van der Waals surface area contributed by atoms with Gasteiger partial charge < -0.3 is 5.11 Å². The van der Waals surface area contributed by atoms with E-state index < -0.39 is 6.10 Å². The Balaban J connectivity index is 1.57. The van der Waals surface area contributed by atoms with E-state index in [1.807, 2.05) is 0 Å². The average Bonchev–Trinajstić information content (AvgIpc) is 3.05. The summed E-state index contributed by atoms with van der Waals surface area (Å²) in [6.07, 6.45) is 10.1. The summed E-state index contributed by atoms with van der Waals surface area (Å²) < 4.78 is 0. The van der Waals surface area contributed by atoms with Crippen LogP contribution in [0.2, 0.25) is 0 Å². The van der Waals surface area contributed by atoms with E-state index in [-0.39, 0.29) is 22.0 Å². The third-order valence-electron chi connectivity index (χ3n) is 13.3. The fourth-order valence-electron chi connectivity index (χ4n) is 11.2. The summed E-state index contributed by atoms with van der Waals surface area (Å²) in [5.74, 6) is 3.31. The Hall–Kier alpha value is -0.630. The standard InChI is InChI=1S/C30H48O2/c1-18(2)19-11-13-27(5)15-16-28(6)20(25(19)27)9-10-22-29(28,7)14-12-21-26(3,4)23(31)17-24(32)30(21,22)8/h19-22,24-25,32H,1,9-17H2,2-8H3/t19-,20-,21+,22+,24-,25+,27-,28+,29+,30+/m0/s1. The highest BCUT2D eigenvalue weighted by Gasteiger charge is 2.71. The number of hydrogen-bond donors (Lipinski definition) is 1. The molecule has 0 unspecified atom stereocenters. The van der Waals surface area contributed by atoms with E-state index in [9.17, 15) is 9.90 Å². The molecule has 5 rings (SSSR count). The van der Waals surface area contributed by atoms with Crippen LogP contribution >= 0.6 is 0 Å². The Labute approximate surface area is 197 Å². The van der Waals surface area contributed by atoms with Crippen LogP contribution < -0.4 is 0 Å². The van der Waals surface area contributed by atoms with Gasteiger partial charge in [-0.1, -0.05) is 53.7 Å². The van der Waals surface area contributed by atoms with Crippen molar-refractivity contribution in [1.29, 1.82) is 0 Å². The molecule has 0 amide bonds. The van der Waals surface area contributed by atoms with Gasteiger partial charge in [0.1, 0.15) is 5.78 Å². The van der Waals surface area contributed by atoms with Crippen LogP contribution in [-0.2, 0) is 4.79 Å². The molecular weight excluding hydrogens is 392 g/mol. The van der Waals surface area contributed by atoms with Gasteiger partial charge in [-0.2, -0.15) is 0 Å². The van der Waals surface area contributed by atoms with Crippen LogP contribution in [0.15, 0.2) is 12.2 Å². The van der Waals surface area contributed by atoms with Crippen molar-refractivity contribution in [2.24, 2.45) is 56.7 Å². The van der Waals surface area contributed by atoms with Gasteiger partial charge in [0.15, 0.2) is 0 Å². The first-order valence-corrected chi connectivity index (χ1v) is 13.6.